The van der Waals surface area contributed by atoms with Gasteiger partial charge in [-0.15, -0.1) is 0 Å². The summed E-state index contributed by atoms with van der Waals surface area (Å²) >= 11 is 8.49. The third kappa shape index (κ3) is 36.0. The van der Waals surface area contributed by atoms with Crippen molar-refractivity contribution in [2.24, 2.45) is 34.4 Å². The third-order valence-electron chi connectivity index (χ3n) is 20.4. The van der Waals surface area contributed by atoms with Crippen molar-refractivity contribution in [3.05, 3.63) is 138 Å². The van der Waals surface area contributed by atoms with Gasteiger partial charge in [-0.25, -0.2) is 0 Å². The van der Waals surface area contributed by atoms with E-state index in [1.54, 1.807) is 85.1 Å². The van der Waals surface area contributed by atoms with E-state index in [9.17, 15) is 82.1 Å². The van der Waals surface area contributed by atoms with Crippen LogP contribution in [-0.2, 0) is 112 Å². The highest BCUT2D eigenvalue weighted by atomic mass is 32.1. The van der Waals surface area contributed by atoms with Crippen molar-refractivity contribution in [3.8, 4) is 5.75 Å². The SMILES string of the molecule is CC(=O)N[C@@H](CS)C(=O)N[C@@H](CCC(N)=O)C(=O)N[C@H](C(=O)N[C@@H](Cc1c[nH]c2ccccc12)C(=O)N[C@@H](CCC(N)=O)C(=O)N[C@@H](CS)C(=O)N[C@@H](Cc1ccc(O)cc1)C(=O)N[C@@H](Cc1c[nH]c2ccccc12)C(=O)N[C@@H](CCCCNC(=N)N)C(=O)N[C@@H](CN)C(=O)N[C@@H](Cc1ccccc1)C(=O)NCC(=O)NCCOCC(=O)N[C@H](CCCCN)C(N)=O)[C@@H](C)O. The number of carbonyl (C=O) groups excluding carboxylic acids is 17. The fraction of sp³-hybridized carbons (Fsp3) is 0.452. The highest BCUT2D eigenvalue weighted by Crippen LogP contribution is 2.23. The van der Waals surface area contributed by atoms with Gasteiger partial charge in [0.25, 0.3) is 0 Å². The number of aromatic nitrogens is 2. The lowest BCUT2D eigenvalue weighted by atomic mass is 10.0. The van der Waals surface area contributed by atoms with Crippen LogP contribution in [0.2, 0.25) is 0 Å². The lowest BCUT2D eigenvalue weighted by Crippen LogP contribution is -2.62. The molecule has 0 aliphatic heterocycles. The van der Waals surface area contributed by atoms with Gasteiger partial charge in [0.15, 0.2) is 5.96 Å². The molecule has 0 bridgehead atoms. The predicted octanol–water partition coefficient (Wildman–Crippen LogP) is -6.29. The number of rotatable bonds is 58. The topological polar surface area (TPSA) is 732 Å². The lowest BCUT2D eigenvalue weighted by Gasteiger charge is -2.29. The molecule has 0 saturated heterocycles. The van der Waals surface area contributed by atoms with Gasteiger partial charge >= 0.3 is 0 Å². The van der Waals surface area contributed by atoms with Crippen LogP contribution in [0.1, 0.15) is 100 Å². The molecule has 17 amide bonds. The number of benzene rings is 4. The number of hydrogen-bond donors (Lipinski definition) is 28. The zero-order valence-corrected chi connectivity index (χ0v) is 73.6. The number of guanidine groups is 1. The second-order valence-electron chi connectivity index (χ2n) is 30.6. The summed E-state index contributed by atoms with van der Waals surface area (Å²) in [5, 5.41) is 68.4. The largest absolute Gasteiger partial charge is 0.508 e. The Hall–Kier alpha value is -13.4. The van der Waals surface area contributed by atoms with Crippen LogP contribution in [0.4, 0.5) is 0 Å². The van der Waals surface area contributed by atoms with Crippen molar-refractivity contribution in [2.45, 2.75) is 182 Å². The average molecular weight is 1850 g/mol. The number of fused-ring (bicyclic) bond motifs is 2. The van der Waals surface area contributed by atoms with Crippen LogP contribution in [0.25, 0.3) is 21.8 Å². The molecule has 130 heavy (non-hydrogen) atoms. The molecule has 32 N–H and O–H groups in total. The van der Waals surface area contributed by atoms with E-state index in [-0.39, 0.29) is 88.5 Å². The molecule has 2 aromatic heterocycles. The summed E-state index contributed by atoms with van der Waals surface area (Å²) in [6.45, 7) is 0.852. The molecule has 6 aromatic rings. The van der Waals surface area contributed by atoms with Crippen LogP contribution in [0.3, 0.4) is 0 Å². The fourth-order valence-electron chi connectivity index (χ4n) is 13.4. The summed E-state index contributed by atoms with van der Waals surface area (Å²) in [7, 11) is 0. The van der Waals surface area contributed by atoms with Crippen molar-refractivity contribution < 1.29 is 96.5 Å². The number of aliphatic hydroxyl groups is 1. The number of thiol groups is 2. The molecule has 0 aliphatic carbocycles. The summed E-state index contributed by atoms with van der Waals surface area (Å²) < 4.78 is 5.34. The minimum Gasteiger partial charge on any atom is -0.508 e. The zero-order chi connectivity index (χ0) is 95.5. The first-order chi connectivity index (χ1) is 62.0. The summed E-state index contributed by atoms with van der Waals surface area (Å²) in [4.78, 5) is 240. The van der Waals surface area contributed by atoms with Gasteiger partial charge in [-0.2, -0.15) is 25.3 Å². The first kappa shape index (κ1) is 105. The van der Waals surface area contributed by atoms with E-state index in [1.165, 1.54) is 30.5 Å². The van der Waals surface area contributed by atoms with E-state index in [4.69, 9.17) is 44.5 Å². The molecule has 44 nitrogen and oxygen atoms in total. The van der Waals surface area contributed by atoms with Gasteiger partial charge in [0.2, 0.25) is 100 Å². The van der Waals surface area contributed by atoms with Crippen LogP contribution < -0.4 is 114 Å². The van der Waals surface area contributed by atoms with E-state index in [2.05, 4.69) is 115 Å². The maximum Gasteiger partial charge on any atom is 0.246 e. The number of primary amides is 3. The van der Waals surface area contributed by atoms with Crippen molar-refractivity contribution in [3.63, 3.8) is 0 Å². The number of aromatic hydroxyl groups is 1. The van der Waals surface area contributed by atoms with Gasteiger partial charge < -0.3 is 139 Å². The number of aliphatic hydroxyl groups excluding tert-OH is 1. The summed E-state index contributed by atoms with van der Waals surface area (Å²) in [6, 6.07) is 8.72. The van der Waals surface area contributed by atoms with Gasteiger partial charge in [0, 0.05) is 111 Å². The number of phenolic OH excluding ortho intramolecular Hbond substituents is 1. The predicted molar refractivity (Wildman–Crippen MR) is 483 cm³/mol. The molecule has 0 saturated carbocycles. The normalized spacial score (nSPS) is 14.1. The molecule has 46 heteroatoms. The second kappa shape index (κ2) is 54.7. The molecule has 0 fully saturated rings. The molecular weight excluding hydrogens is 1730 g/mol. The van der Waals surface area contributed by atoms with Crippen molar-refractivity contribution in [1.29, 1.82) is 5.41 Å². The van der Waals surface area contributed by atoms with Crippen LogP contribution in [0.5, 0.6) is 5.75 Å². The number of nitrogens with one attached hydrogen (secondary N) is 18. The Labute approximate surface area is 759 Å². The number of carbonyl (C=O) groups is 17. The Bertz CT molecular complexity index is 4890. The standard InChI is InChI=1S/C84H118N24O20S2/c1-45(109)71(108-76(120)59(27-29-68(88)113)101-81(125)65(43-129)97-46(2)110)83(127)105-63(37-50-40-95-55-19-9-7-17-53(50)55)79(123)100-58(26-28-67(87)112)75(119)107-66(44-130)82(126)103-61(35-48-22-24-51(111)25-23-48)77(121)104-62(36-49-39-94-54-18-8-6-16-52(49)54)78(122)99-57(21-11-13-31-93-84(90)91)74(118)106-64(38-86)80(124)102-60(34-47-14-4-3-5-15-47)73(117)96-41-69(114)92-32-33-128-42-70(115)98-56(72(89)116)20-10-12-30-85/h3-9,14-19,22-25,39-40,45,56-66,71,94-95,109,111,129-130H,10-13,20-21,26-38,41-44,85-86H2,1-2H3,(H2,87,112)(H2,88,113)(H2,89,116)(H,92,114)(H,96,117)(H,97,110)(H,98,115)(H,99,122)(H,100,123)(H,101,125)(H,102,124)(H,103,126)(H,104,121)(H,105,127)(H,106,118)(H,107,119)(H,108,120)(H4,90,91,93)/t45-,56-,57+,58+,59+,60+,61+,62+,63+,64+,65+,66+,71+/m1/s1. The van der Waals surface area contributed by atoms with E-state index < -0.39 is 230 Å². The van der Waals surface area contributed by atoms with Gasteiger partial charge in [-0.3, -0.25) is 86.9 Å². The molecule has 0 spiro atoms. The van der Waals surface area contributed by atoms with E-state index in [0.29, 0.717) is 63.4 Å². The molecule has 4 aromatic carbocycles. The number of nitrogens with two attached hydrogens (primary N) is 6. The molecule has 0 aliphatic rings. The highest BCUT2D eigenvalue weighted by molar-refractivity contribution is 7.80. The van der Waals surface area contributed by atoms with Gasteiger partial charge in [-0.05, 0) is 111 Å². The number of amides is 17. The van der Waals surface area contributed by atoms with Crippen LogP contribution in [-0.4, -0.2) is 263 Å². The van der Waals surface area contributed by atoms with E-state index in [1.807, 2.05) is 0 Å². The number of hydrogen-bond acceptors (Lipinski definition) is 25. The summed E-state index contributed by atoms with van der Waals surface area (Å²) in [5.41, 5.74) is 36.7. The molecule has 0 unspecified atom stereocenters. The number of phenols is 1. The van der Waals surface area contributed by atoms with Crippen molar-refractivity contribution >= 4 is 153 Å². The number of aromatic amines is 2. The Morgan fingerprint density at radius 2 is 0.838 bits per heavy atom. The summed E-state index contributed by atoms with van der Waals surface area (Å²) in [6.07, 6.45) is -0.223. The number of ether oxygens (including phenoxy) is 1. The first-order valence-electron chi connectivity index (χ1n) is 41.9. The average Bonchev–Trinajstić information content (AvgIpc) is 1.58. The van der Waals surface area contributed by atoms with E-state index >= 15 is 9.59 Å². The Balaban J connectivity index is 1.25. The molecule has 13 atom stereocenters. The van der Waals surface area contributed by atoms with Gasteiger partial charge in [0.05, 0.1) is 19.3 Å². The van der Waals surface area contributed by atoms with Crippen LogP contribution in [0, 0.1) is 5.41 Å². The maximum absolute atomic E-state index is 15.3. The number of para-hydroxylation sites is 2. The van der Waals surface area contributed by atoms with E-state index in [0.717, 1.165) is 13.8 Å². The summed E-state index contributed by atoms with van der Waals surface area (Å²) in [5.74, 6) is -17.3. The van der Waals surface area contributed by atoms with Crippen LogP contribution >= 0.6 is 25.3 Å². The minimum absolute atomic E-state index is 0.112. The lowest BCUT2D eigenvalue weighted by molar-refractivity contribution is -0.137. The first-order valence-corrected chi connectivity index (χ1v) is 43.2. The molecule has 6 rings (SSSR count). The van der Waals surface area contributed by atoms with Gasteiger partial charge in [-0.1, -0.05) is 78.9 Å². The van der Waals surface area contributed by atoms with Gasteiger partial charge in [0.1, 0.15) is 84.9 Å². The number of unbranched alkanes of at least 4 members (excludes halogenated alkanes) is 2. The van der Waals surface area contributed by atoms with Crippen molar-refractivity contribution in [2.75, 3.05) is 57.4 Å². The smallest absolute Gasteiger partial charge is 0.246 e. The number of H-pyrrole nitrogens is 2. The monoisotopic (exact) mass is 1850 g/mol. The maximum atomic E-state index is 15.3. The Kier molecular flexibility index (Phi) is 44.3. The molecular formula is C84H118N24O20S2. The minimum atomic E-state index is -1.92. The fourth-order valence-corrected chi connectivity index (χ4v) is 13.9. The van der Waals surface area contributed by atoms with Crippen molar-refractivity contribution in [1.82, 2.24) is 89.7 Å². The molecule has 2 heterocycles. The Morgan fingerprint density at radius 1 is 0.423 bits per heavy atom. The third-order valence-corrected chi connectivity index (χ3v) is 21.1. The zero-order valence-electron chi connectivity index (χ0n) is 71.8. The highest BCUT2D eigenvalue weighted by Gasteiger charge is 2.39. The second-order valence-corrected chi connectivity index (χ2v) is 31.3. The Morgan fingerprint density at radius 3 is 1.32 bits per heavy atom. The molecule has 706 valence electrons. The molecule has 0 radical (unpaired) electrons. The van der Waals surface area contributed by atoms with Crippen LogP contribution in [0.15, 0.2) is 116 Å². The quantitative estimate of drug-likeness (QED) is 0.00731.